The maximum Gasteiger partial charge on any atom is 0.328 e. The van der Waals surface area contributed by atoms with Crippen molar-refractivity contribution in [3.05, 3.63) is 47.5 Å². The maximum atomic E-state index is 10.4. The highest BCUT2D eigenvalue weighted by Crippen LogP contribution is 2.12. The van der Waals surface area contributed by atoms with E-state index < -0.39 is 5.97 Å². The van der Waals surface area contributed by atoms with E-state index in [1.807, 2.05) is 0 Å². The molecule has 0 bridgehead atoms. The molecule has 3 heteroatoms. The van der Waals surface area contributed by atoms with Crippen LogP contribution in [-0.2, 0) is 17.6 Å². The second-order valence-corrected chi connectivity index (χ2v) is 6.23. The van der Waals surface area contributed by atoms with Gasteiger partial charge in [-0.3, -0.25) is 0 Å². The van der Waals surface area contributed by atoms with Crippen LogP contribution < -0.4 is 5.73 Å². The number of rotatable bonds is 12. The molecule has 0 aliphatic rings. The fourth-order valence-electron chi connectivity index (χ4n) is 2.62. The summed E-state index contributed by atoms with van der Waals surface area (Å²) < 4.78 is 0. The van der Waals surface area contributed by atoms with Gasteiger partial charge in [0.25, 0.3) is 0 Å². The van der Waals surface area contributed by atoms with Crippen LogP contribution in [0, 0.1) is 0 Å². The lowest BCUT2D eigenvalue weighted by Gasteiger charge is -2.07. The van der Waals surface area contributed by atoms with E-state index in [-0.39, 0.29) is 6.04 Å². The standard InChI is InChI=1S/C20H31NO2/c1-2-3-4-5-6-7-8-17-9-11-18(12-10-17)13-14-19(21)15-16-20(22)23/h9-12,15-16,19H,2-8,13-14,21H2,1H3,(H,22,23)/b16-15+. The zero-order valence-corrected chi connectivity index (χ0v) is 14.3. The summed E-state index contributed by atoms with van der Waals surface area (Å²) in [5, 5.41) is 8.57. The lowest BCUT2D eigenvalue weighted by Crippen LogP contribution is -2.18. The van der Waals surface area contributed by atoms with Crippen LogP contribution in [0.25, 0.3) is 0 Å². The highest BCUT2D eigenvalue weighted by Gasteiger charge is 2.01. The van der Waals surface area contributed by atoms with Gasteiger partial charge in [-0.2, -0.15) is 0 Å². The van der Waals surface area contributed by atoms with Crippen molar-refractivity contribution in [2.45, 2.75) is 70.8 Å². The molecular weight excluding hydrogens is 286 g/mol. The molecule has 0 aliphatic carbocycles. The molecule has 0 radical (unpaired) electrons. The normalized spacial score (nSPS) is 12.6. The first kappa shape index (κ1) is 19.4. The van der Waals surface area contributed by atoms with Crippen LogP contribution in [0.3, 0.4) is 0 Å². The predicted octanol–water partition coefficient (Wildman–Crippen LogP) is 4.49. The van der Waals surface area contributed by atoms with Gasteiger partial charge in [-0.25, -0.2) is 4.79 Å². The fourth-order valence-corrected chi connectivity index (χ4v) is 2.62. The Hall–Kier alpha value is -1.61. The Morgan fingerprint density at radius 3 is 2.22 bits per heavy atom. The highest BCUT2D eigenvalue weighted by atomic mass is 16.4. The number of benzene rings is 1. The first-order chi connectivity index (χ1) is 11.1. The molecule has 0 aliphatic heterocycles. The van der Waals surface area contributed by atoms with Gasteiger partial charge >= 0.3 is 5.97 Å². The summed E-state index contributed by atoms with van der Waals surface area (Å²) in [5.74, 6) is -0.945. The number of unbranched alkanes of at least 4 members (excludes halogenated alkanes) is 5. The molecule has 1 rings (SSSR count). The number of hydrogen-bond acceptors (Lipinski definition) is 2. The first-order valence-corrected chi connectivity index (χ1v) is 8.86. The third kappa shape index (κ3) is 9.90. The van der Waals surface area contributed by atoms with Gasteiger partial charge in [0.2, 0.25) is 0 Å². The molecular formula is C20H31NO2. The van der Waals surface area contributed by atoms with Crippen molar-refractivity contribution in [2.75, 3.05) is 0 Å². The predicted molar refractivity (Wildman–Crippen MR) is 96.6 cm³/mol. The van der Waals surface area contributed by atoms with E-state index in [0.717, 1.165) is 25.3 Å². The van der Waals surface area contributed by atoms with Crippen LogP contribution in [0.4, 0.5) is 0 Å². The second-order valence-electron chi connectivity index (χ2n) is 6.23. The zero-order valence-electron chi connectivity index (χ0n) is 14.3. The van der Waals surface area contributed by atoms with E-state index in [9.17, 15) is 4.79 Å². The molecule has 0 amide bonds. The Kier molecular flexibility index (Phi) is 10.0. The molecule has 1 unspecified atom stereocenters. The molecule has 128 valence electrons. The lowest BCUT2D eigenvalue weighted by molar-refractivity contribution is -0.131. The lowest BCUT2D eigenvalue weighted by atomic mass is 10.0. The van der Waals surface area contributed by atoms with Crippen LogP contribution in [0.15, 0.2) is 36.4 Å². The SMILES string of the molecule is CCCCCCCCc1ccc(CCC(N)/C=C/C(=O)O)cc1. The molecule has 23 heavy (non-hydrogen) atoms. The van der Waals surface area contributed by atoms with Crippen LogP contribution in [0.5, 0.6) is 0 Å². The summed E-state index contributed by atoms with van der Waals surface area (Å²) in [4.78, 5) is 10.4. The Morgan fingerprint density at radius 2 is 1.61 bits per heavy atom. The molecule has 3 nitrogen and oxygen atoms in total. The van der Waals surface area contributed by atoms with Crippen LogP contribution in [0.1, 0.15) is 63.0 Å². The first-order valence-electron chi connectivity index (χ1n) is 8.86. The molecule has 1 aromatic carbocycles. The average Bonchev–Trinajstić information content (AvgIpc) is 2.55. The highest BCUT2D eigenvalue weighted by molar-refractivity contribution is 5.79. The monoisotopic (exact) mass is 317 g/mol. The van der Waals surface area contributed by atoms with E-state index in [2.05, 4.69) is 31.2 Å². The van der Waals surface area contributed by atoms with Gasteiger partial charge in [-0.15, -0.1) is 0 Å². The van der Waals surface area contributed by atoms with Gasteiger partial charge in [-0.05, 0) is 36.8 Å². The maximum absolute atomic E-state index is 10.4. The van der Waals surface area contributed by atoms with Gasteiger partial charge in [0.05, 0.1) is 0 Å². The van der Waals surface area contributed by atoms with Crippen molar-refractivity contribution in [3.8, 4) is 0 Å². The quantitative estimate of drug-likeness (QED) is 0.441. The van der Waals surface area contributed by atoms with E-state index in [1.54, 1.807) is 6.08 Å². The summed E-state index contributed by atoms with van der Waals surface area (Å²) in [6.07, 6.45) is 13.5. The van der Waals surface area contributed by atoms with E-state index in [4.69, 9.17) is 10.8 Å². The van der Waals surface area contributed by atoms with Crippen LogP contribution in [-0.4, -0.2) is 17.1 Å². The smallest absolute Gasteiger partial charge is 0.328 e. The Labute approximate surface area is 140 Å². The van der Waals surface area contributed by atoms with Gasteiger partial charge in [-0.1, -0.05) is 69.4 Å². The van der Waals surface area contributed by atoms with Crippen molar-refractivity contribution in [1.29, 1.82) is 0 Å². The number of carboxylic acids is 1. The molecule has 1 atom stereocenters. The van der Waals surface area contributed by atoms with Gasteiger partial charge in [0.1, 0.15) is 0 Å². The third-order valence-electron chi connectivity index (χ3n) is 4.09. The minimum atomic E-state index is -0.945. The summed E-state index contributed by atoms with van der Waals surface area (Å²) in [6.45, 7) is 2.25. The van der Waals surface area contributed by atoms with Crippen LogP contribution >= 0.6 is 0 Å². The largest absolute Gasteiger partial charge is 0.478 e. The molecule has 0 fully saturated rings. The van der Waals surface area contributed by atoms with Gasteiger partial charge in [0, 0.05) is 12.1 Å². The molecule has 0 saturated heterocycles. The second kappa shape index (κ2) is 11.9. The van der Waals surface area contributed by atoms with Crippen molar-refractivity contribution in [1.82, 2.24) is 0 Å². The molecule has 0 heterocycles. The summed E-state index contributed by atoms with van der Waals surface area (Å²) >= 11 is 0. The van der Waals surface area contributed by atoms with Crippen LogP contribution in [0.2, 0.25) is 0 Å². The van der Waals surface area contributed by atoms with Gasteiger partial charge < -0.3 is 10.8 Å². The van der Waals surface area contributed by atoms with E-state index >= 15 is 0 Å². The van der Waals surface area contributed by atoms with Crippen molar-refractivity contribution >= 4 is 5.97 Å². The summed E-state index contributed by atoms with van der Waals surface area (Å²) in [5.41, 5.74) is 8.53. The Morgan fingerprint density at radius 1 is 1.04 bits per heavy atom. The third-order valence-corrected chi connectivity index (χ3v) is 4.09. The van der Waals surface area contributed by atoms with E-state index in [0.29, 0.717) is 0 Å². The van der Waals surface area contributed by atoms with Crippen molar-refractivity contribution in [2.24, 2.45) is 5.73 Å². The summed E-state index contributed by atoms with van der Waals surface area (Å²) in [6, 6.07) is 8.55. The van der Waals surface area contributed by atoms with Crippen molar-refractivity contribution < 1.29 is 9.90 Å². The summed E-state index contributed by atoms with van der Waals surface area (Å²) in [7, 11) is 0. The van der Waals surface area contributed by atoms with Gasteiger partial charge in [0.15, 0.2) is 0 Å². The molecule has 0 spiro atoms. The molecule has 0 aromatic heterocycles. The van der Waals surface area contributed by atoms with E-state index in [1.165, 1.54) is 49.7 Å². The molecule has 3 N–H and O–H groups in total. The number of hydrogen-bond donors (Lipinski definition) is 2. The zero-order chi connectivity index (χ0) is 16.9. The minimum absolute atomic E-state index is 0.200. The van der Waals surface area contributed by atoms with Crippen molar-refractivity contribution in [3.63, 3.8) is 0 Å². The Balaban J connectivity index is 2.24. The molecule has 0 saturated carbocycles. The number of carboxylic acid groups (broad SMARTS) is 1. The average molecular weight is 317 g/mol. The number of aryl methyl sites for hydroxylation is 2. The number of nitrogens with two attached hydrogens (primary N) is 1. The minimum Gasteiger partial charge on any atom is -0.478 e. The number of aliphatic carboxylic acids is 1. The number of carbonyl (C=O) groups is 1. The fraction of sp³-hybridized carbons (Fsp3) is 0.550. The Bertz CT molecular complexity index is 465. The topological polar surface area (TPSA) is 63.3 Å². The molecule has 1 aromatic rings.